The zero-order valence-corrected chi connectivity index (χ0v) is 8.00. The van der Waals surface area contributed by atoms with E-state index in [1.165, 1.54) is 4.90 Å². The van der Waals surface area contributed by atoms with Gasteiger partial charge < -0.3 is 17.3 Å². The van der Waals surface area contributed by atoms with Crippen molar-refractivity contribution in [2.24, 2.45) is 0 Å². The first-order valence-corrected chi connectivity index (χ1v) is 3.85. The minimum Gasteiger partial charge on any atom is -1.00 e. The Balaban J connectivity index is 0.00000144. The summed E-state index contributed by atoms with van der Waals surface area (Å²) in [5, 5.41) is 0. The van der Waals surface area contributed by atoms with E-state index in [9.17, 15) is 14.4 Å². The average Bonchev–Trinajstić information content (AvgIpc) is 2.10. The normalized spacial score (nSPS) is 22.5. The van der Waals surface area contributed by atoms with Crippen molar-refractivity contribution in [1.82, 2.24) is 4.90 Å². The Morgan fingerprint density at radius 3 is 2.62 bits per heavy atom. The average molecular weight is 207 g/mol. The number of nitrogens with one attached hydrogen (secondary N) is 1. The molecule has 13 heavy (non-hydrogen) atoms. The van der Waals surface area contributed by atoms with Crippen LogP contribution in [0.1, 0.15) is 6.92 Å². The van der Waals surface area contributed by atoms with Crippen LogP contribution in [-0.2, 0) is 14.4 Å². The number of carbonyl (C=O) groups is 3. The van der Waals surface area contributed by atoms with Crippen molar-refractivity contribution >= 4 is 18.2 Å². The molecule has 0 aromatic carbocycles. The Morgan fingerprint density at radius 2 is 2.15 bits per heavy atom. The molecule has 5 nitrogen and oxygen atoms in total. The van der Waals surface area contributed by atoms with E-state index >= 15 is 0 Å². The third-order valence-electron chi connectivity index (χ3n) is 1.95. The number of rotatable bonds is 2. The van der Waals surface area contributed by atoms with Crippen LogP contribution in [-0.4, -0.2) is 42.8 Å². The molecule has 1 N–H and O–H groups in total. The van der Waals surface area contributed by atoms with Gasteiger partial charge in [-0.05, 0) is 6.92 Å². The summed E-state index contributed by atoms with van der Waals surface area (Å²) >= 11 is 0. The van der Waals surface area contributed by atoms with Crippen LogP contribution in [0.15, 0.2) is 0 Å². The van der Waals surface area contributed by atoms with Gasteiger partial charge in [0.05, 0.1) is 6.54 Å². The van der Waals surface area contributed by atoms with Crippen molar-refractivity contribution in [3.8, 4) is 0 Å². The number of halogens is 1. The molecular formula is C7H11ClN2O3. The maximum absolute atomic E-state index is 11.1. The van der Waals surface area contributed by atoms with Crippen LogP contribution in [0.5, 0.6) is 0 Å². The number of piperazine rings is 1. The number of amides is 3. The highest BCUT2D eigenvalue weighted by molar-refractivity contribution is 6.32. The quantitative estimate of drug-likeness (QED) is 0.362. The topological polar surface area (TPSA) is 58.9 Å². The van der Waals surface area contributed by atoms with E-state index in [0.717, 1.165) is 0 Å². The zero-order chi connectivity index (χ0) is 9.14. The summed E-state index contributed by atoms with van der Waals surface area (Å²) in [6.07, 6.45) is 0.479. The molecule has 1 fully saturated rings. The van der Waals surface area contributed by atoms with Gasteiger partial charge in [-0.15, -0.1) is 0 Å². The number of hydrogen-bond donors (Lipinski definition) is 1. The van der Waals surface area contributed by atoms with Gasteiger partial charge >= 0.3 is 18.2 Å². The molecule has 1 atom stereocenters. The number of hydrogen-bond acceptors (Lipinski definition) is 3. The highest BCUT2D eigenvalue weighted by atomic mass is 35.5. The van der Waals surface area contributed by atoms with Crippen LogP contribution in [0.2, 0.25) is 0 Å². The lowest BCUT2D eigenvalue weighted by molar-refractivity contribution is -0.727. The SMILES string of the molecule is CCN1CC[NH+](C=O)C(=O)C1=O.[Cl-]. The highest BCUT2D eigenvalue weighted by Crippen LogP contribution is 1.90. The van der Waals surface area contributed by atoms with E-state index in [-0.39, 0.29) is 17.3 Å². The Hall–Kier alpha value is -0.940. The second kappa shape index (κ2) is 4.94. The maximum Gasteiger partial charge on any atom is 0.409 e. The van der Waals surface area contributed by atoms with Gasteiger partial charge in [-0.3, -0.25) is 4.79 Å². The lowest BCUT2D eigenvalue weighted by Gasteiger charge is -2.25. The molecule has 0 aromatic heterocycles. The highest BCUT2D eigenvalue weighted by Gasteiger charge is 2.36. The van der Waals surface area contributed by atoms with Gasteiger partial charge in [0.25, 0.3) is 0 Å². The molecule has 6 heteroatoms. The third kappa shape index (κ3) is 2.26. The maximum atomic E-state index is 11.1. The number of likely N-dealkylation sites (N-methyl/N-ethyl adjacent to an activating group) is 1. The Bertz CT molecular complexity index is 232. The molecule has 1 aliphatic rings. The van der Waals surface area contributed by atoms with Gasteiger partial charge in [0.1, 0.15) is 6.54 Å². The van der Waals surface area contributed by atoms with Gasteiger partial charge in [0.2, 0.25) is 0 Å². The first-order chi connectivity index (χ1) is 5.70. The summed E-state index contributed by atoms with van der Waals surface area (Å²) in [5.74, 6) is -1.19. The molecule has 1 heterocycles. The molecule has 0 aromatic rings. The molecule has 0 spiro atoms. The van der Waals surface area contributed by atoms with Crippen LogP contribution >= 0.6 is 0 Å². The molecule has 1 unspecified atom stereocenters. The van der Waals surface area contributed by atoms with Crippen molar-refractivity contribution in [3.05, 3.63) is 0 Å². The van der Waals surface area contributed by atoms with E-state index in [1.54, 1.807) is 6.92 Å². The van der Waals surface area contributed by atoms with E-state index < -0.39 is 11.8 Å². The van der Waals surface area contributed by atoms with Gasteiger partial charge in [-0.2, -0.15) is 0 Å². The molecule has 3 amide bonds. The molecule has 0 bridgehead atoms. The Kier molecular flexibility index (Phi) is 4.58. The van der Waals surface area contributed by atoms with Gasteiger partial charge in [-0.1, -0.05) is 0 Å². The molecule has 1 rings (SSSR count). The minimum atomic E-state index is -0.641. The van der Waals surface area contributed by atoms with Crippen molar-refractivity contribution in [2.75, 3.05) is 19.6 Å². The lowest BCUT2D eigenvalue weighted by Crippen LogP contribution is -3.17. The van der Waals surface area contributed by atoms with Crippen molar-refractivity contribution in [2.45, 2.75) is 6.92 Å². The monoisotopic (exact) mass is 206 g/mol. The predicted molar refractivity (Wildman–Crippen MR) is 39.2 cm³/mol. The number of imide groups is 1. The summed E-state index contributed by atoms with van der Waals surface area (Å²) in [6, 6.07) is 0. The third-order valence-corrected chi connectivity index (χ3v) is 1.95. The van der Waals surface area contributed by atoms with Crippen LogP contribution in [0.3, 0.4) is 0 Å². The molecular weight excluding hydrogens is 196 g/mol. The van der Waals surface area contributed by atoms with E-state index in [0.29, 0.717) is 26.0 Å². The second-order valence-electron chi connectivity index (χ2n) is 2.61. The second-order valence-corrected chi connectivity index (χ2v) is 2.61. The Labute approximate surface area is 82.1 Å². The molecule has 0 saturated carbocycles. The zero-order valence-electron chi connectivity index (χ0n) is 7.25. The first kappa shape index (κ1) is 12.1. The van der Waals surface area contributed by atoms with Crippen molar-refractivity contribution in [3.63, 3.8) is 0 Å². The number of nitrogens with zero attached hydrogens (tertiary/aromatic N) is 1. The van der Waals surface area contributed by atoms with Crippen molar-refractivity contribution in [1.29, 1.82) is 0 Å². The molecule has 1 saturated heterocycles. The fourth-order valence-corrected chi connectivity index (χ4v) is 1.17. The van der Waals surface area contributed by atoms with Crippen LogP contribution in [0.4, 0.5) is 0 Å². The molecule has 0 radical (unpaired) electrons. The van der Waals surface area contributed by atoms with Crippen LogP contribution in [0, 0.1) is 0 Å². The van der Waals surface area contributed by atoms with Crippen LogP contribution < -0.4 is 17.3 Å². The smallest absolute Gasteiger partial charge is 0.409 e. The largest absolute Gasteiger partial charge is 1.00 e. The van der Waals surface area contributed by atoms with Gasteiger partial charge in [0.15, 0.2) is 0 Å². The van der Waals surface area contributed by atoms with Gasteiger partial charge in [-0.25, -0.2) is 14.5 Å². The lowest BCUT2D eigenvalue weighted by atomic mass is 10.3. The van der Waals surface area contributed by atoms with E-state index in [1.807, 2.05) is 0 Å². The van der Waals surface area contributed by atoms with Crippen LogP contribution in [0.25, 0.3) is 0 Å². The van der Waals surface area contributed by atoms with Crippen molar-refractivity contribution < 1.29 is 31.7 Å². The fourth-order valence-electron chi connectivity index (χ4n) is 1.17. The summed E-state index contributed by atoms with van der Waals surface area (Å²) in [4.78, 5) is 34.0. The molecule has 74 valence electrons. The number of quaternary nitrogens is 1. The minimum absolute atomic E-state index is 0. The molecule has 1 aliphatic heterocycles. The first-order valence-electron chi connectivity index (χ1n) is 3.85. The predicted octanol–water partition coefficient (Wildman–Crippen LogP) is -5.58. The number of carbonyl (C=O) groups excluding carboxylic acids is 3. The summed E-state index contributed by atoms with van der Waals surface area (Å²) < 4.78 is 0. The standard InChI is InChI=1S/C7H10N2O3.ClH/c1-2-8-3-4-9(5-10)7(12)6(8)11;/h5H,2-4H2,1H3;1H. The Morgan fingerprint density at radius 1 is 1.54 bits per heavy atom. The summed E-state index contributed by atoms with van der Waals surface area (Å²) in [5.41, 5.74) is 0. The summed E-state index contributed by atoms with van der Waals surface area (Å²) in [6.45, 7) is 3.20. The van der Waals surface area contributed by atoms with E-state index in [2.05, 4.69) is 0 Å². The summed E-state index contributed by atoms with van der Waals surface area (Å²) in [7, 11) is 0. The van der Waals surface area contributed by atoms with Gasteiger partial charge in [0, 0.05) is 6.54 Å². The molecule has 0 aliphatic carbocycles. The van der Waals surface area contributed by atoms with E-state index in [4.69, 9.17) is 0 Å². The fraction of sp³-hybridized carbons (Fsp3) is 0.571.